The van der Waals surface area contributed by atoms with Crippen LogP contribution in [0.2, 0.25) is 0 Å². The molecule has 0 aliphatic carbocycles. The second kappa shape index (κ2) is 19.7. The van der Waals surface area contributed by atoms with Crippen LogP contribution in [0.1, 0.15) is 108 Å². The molecule has 0 heterocycles. The Labute approximate surface area is 239 Å². The zero-order valence-corrected chi connectivity index (χ0v) is 25.5. The van der Waals surface area contributed by atoms with Gasteiger partial charge in [-0.15, -0.1) is 0 Å². The van der Waals surface area contributed by atoms with Crippen LogP contribution in [0.15, 0.2) is 54.6 Å². The van der Waals surface area contributed by atoms with Gasteiger partial charge < -0.3 is 14.0 Å². The van der Waals surface area contributed by atoms with E-state index < -0.39 is 0 Å². The molecule has 4 nitrogen and oxygen atoms in total. The summed E-state index contributed by atoms with van der Waals surface area (Å²) in [5.41, 5.74) is 2.61. The molecule has 0 N–H and O–H groups in total. The molecule has 2 rings (SSSR count). The molecule has 0 saturated heterocycles. The highest BCUT2D eigenvalue weighted by atomic mass is 16.6. The van der Waals surface area contributed by atoms with E-state index in [4.69, 9.17) is 9.47 Å². The minimum absolute atomic E-state index is 0.127. The number of carbonyl (C=O) groups excluding carboxylic acids is 1. The zero-order valence-electron chi connectivity index (χ0n) is 25.5. The lowest BCUT2D eigenvalue weighted by atomic mass is 10.0. The fraction of sp³-hybridized carbons (Fsp3) is 0.629. The molecule has 39 heavy (non-hydrogen) atoms. The maximum atomic E-state index is 12.5. The molecule has 0 aromatic heterocycles. The average molecular weight is 539 g/mol. The fourth-order valence-electron chi connectivity index (χ4n) is 5.00. The predicted octanol–water partition coefficient (Wildman–Crippen LogP) is 8.91. The van der Waals surface area contributed by atoms with Gasteiger partial charge in [-0.3, -0.25) is 4.79 Å². The Morgan fingerprint density at radius 2 is 1.38 bits per heavy atom. The molecule has 0 aliphatic rings. The van der Waals surface area contributed by atoms with Gasteiger partial charge >= 0.3 is 5.97 Å². The molecule has 2 aromatic carbocycles. The number of benzene rings is 2. The number of nitrogens with zero attached hydrogens (tertiary/aromatic N) is 1. The molecule has 0 bridgehead atoms. The summed E-state index contributed by atoms with van der Waals surface area (Å²) in [5, 5.41) is 0. The third-order valence-electron chi connectivity index (χ3n) is 7.53. The molecule has 0 fully saturated rings. The third kappa shape index (κ3) is 15.8. The Hall–Kier alpha value is -2.33. The van der Waals surface area contributed by atoms with Gasteiger partial charge in [-0.2, -0.15) is 0 Å². The molecule has 0 spiro atoms. The van der Waals surface area contributed by atoms with E-state index in [0.29, 0.717) is 13.0 Å². The van der Waals surface area contributed by atoms with Gasteiger partial charge in [0.1, 0.15) is 25.0 Å². The second-order valence-corrected chi connectivity index (χ2v) is 11.8. The van der Waals surface area contributed by atoms with Crippen molar-refractivity contribution in [3.8, 4) is 5.75 Å². The number of unbranched alkanes of at least 4 members (excludes halogenated alkanes) is 10. The van der Waals surface area contributed by atoms with Gasteiger partial charge in [0.2, 0.25) is 0 Å². The summed E-state index contributed by atoms with van der Waals surface area (Å²) < 4.78 is 12.6. The van der Waals surface area contributed by atoms with Crippen LogP contribution in [-0.4, -0.2) is 43.8 Å². The van der Waals surface area contributed by atoms with Crippen LogP contribution in [0.4, 0.5) is 0 Å². The average Bonchev–Trinajstić information content (AvgIpc) is 2.93. The number of rotatable bonds is 22. The Kier molecular flexibility index (Phi) is 16.6. The Morgan fingerprint density at radius 1 is 0.769 bits per heavy atom. The Balaban J connectivity index is 1.62. The smallest absolute Gasteiger partial charge is 0.311 e. The van der Waals surface area contributed by atoms with E-state index >= 15 is 0 Å². The van der Waals surface area contributed by atoms with Crippen molar-refractivity contribution in [2.75, 3.05) is 27.2 Å². The molecule has 0 amide bonds. The first-order valence-corrected chi connectivity index (χ1v) is 15.7. The van der Waals surface area contributed by atoms with Crippen LogP contribution in [0.25, 0.3) is 0 Å². The maximum Gasteiger partial charge on any atom is 0.311 e. The quantitative estimate of drug-likeness (QED) is 0.0853. The number of ether oxygens (including phenoxy) is 2. The van der Waals surface area contributed by atoms with Crippen LogP contribution < -0.4 is 4.74 Å². The van der Waals surface area contributed by atoms with E-state index in [1.807, 2.05) is 12.1 Å². The standard InChI is InChI=1S/C35H56NO3/c1-5-7-8-9-10-11-12-13-14-15-17-21-31-24-20-25-34(28-31)39-33(6-2)30-38-35(37)26-27-36(3,4)29-32-22-18-16-19-23-32/h16,18-20,22-25,28,33H,5-15,17,21,26-27,29-30H2,1-4H3/q+1. The lowest BCUT2D eigenvalue weighted by molar-refractivity contribution is -0.903. The number of hydrogen-bond donors (Lipinski definition) is 0. The van der Waals surface area contributed by atoms with Crippen molar-refractivity contribution in [1.82, 2.24) is 0 Å². The van der Waals surface area contributed by atoms with Crippen molar-refractivity contribution < 1.29 is 18.8 Å². The SMILES string of the molecule is CCCCCCCCCCCCCc1cccc(OC(CC)COC(=O)CC[N+](C)(C)Cc2ccccc2)c1. The largest absolute Gasteiger partial charge is 0.487 e. The van der Waals surface area contributed by atoms with Crippen molar-refractivity contribution in [3.05, 3.63) is 65.7 Å². The highest BCUT2D eigenvalue weighted by molar-refractivity contribution is 5.69. The van der Waals surface area contributed by atoms with E-state index in [2.05, 4.69) is 70.4 Å². The molecule has 1 unspecified atom stereocenters. The lowest BCUT2D eigenvalue weighted by Gasteiger charge is -2.29. The molecule has 0 radical (unpaired) electrons. The Morgan fingerprint density at radius 3 is 2.03 bits per heavy atom. The number of hydrogen-bond acceptors (Lipinski definition) is 3. The van der Waals surface area contributed by atoms with Crippen molar-refractivity contribution in [2.45, 2.75) is 116 Å². The highest BCUT2D eigenvalue weighted by Gasteiger charge is 2.19. The van der Waals surface area contributed by atoms with Gasteiger partial charge in [0, 0.05) is 5.56 Å². The number of aryl methyl sites for hydroxylation is 1. The summed E-state index contributed by atoms with van der Waals surface area (Å²) >= 11 is 0. The van der Waals surface area contributed by atoms with Gasteiger partial charge in [-0.25, -0.2) is 0 Å². The van der Waals surface area contributed by atoms with Crippen molar-refractivity contribution >= 4 is 5.97 Å². The fourth-order valence-corrected chi connectivity index (χ4v) is 5.00. The molecular formula is C35H56NO3+. The second-order valence-electron chi connectivity index (χ2n) is 11.8. The monoisotopic (exact) mass is 538 g/mol. The summed E-state index contributed by atoms with van der Waals surface area (Å²) in [6.07, 6.45) is 17.2. The molecule has 0 aliphatic heterocycles. The molecular weight excluding hydrogens is 482 g/mol. The summed E-state index contributed by atoms with van der Waals surface area (Å²) in [4.78, 5) is 12.5. The molecule has 218 valence electrons. The van der Waals surface area contributed by atoms with Crippen molar-refractivity contribution in [3.63, 3.8) is 0 Å². The Bertz CT molecular complexity index is 896. The zero-order chi connectivity index (χ0) is 28.2. The van der Waals surface area contributed by atoms with E-state index in [-0.39, 0.29) is 12.1 Å². The van der Waals surface area contributed by atoms with Gasteiger partial charge in [0.15, 0.2) is 0 Å². The van der Waals surface area contributed by atoms with Crippen molar-refractivity contribution in [2.24, 2.45) is 0 Å². The van der Waals surface area contributed by atoms with Crippen LogP contribution >= 0.6 is 0 Å². The highest BCUT2D eigenvalue weighted by Crippen LogP contribution is 2.19. The number of quaternary nitrogens is 1. The van der Waals surface area contributed by atoms with E-state index in [9.17, 15) is 4.79 Å². The van der Waals surface area contributed by atoms with E-state index in [0.717, 1.165) is 36.2 Å². The lowest BCUT2D eigenvalue weighted by Crippen LogP contribution is -2.40. The van der Waals surface area contributed by atoms with Crippen LogP contribution in [0.3, 0.4) is 0 Å². The van der Waals surface area contributed by atoms with Gasteiger partial charge in [0.05, 0.1) is 27.1 Å². The first kappa shape index (κ1) is 32.9. The van der Waals surface area contributed by atoms with Crippen molar-refractivity contribution in [1.29, 1.82) is 0 Å². The van der Waals surface area contributed by atoms with Gasteiger partial charge in [-0.1, -0.05) is 121 Å². The topological polar surface area (TPSA) is 35.5 Å². The summed E-state index contributed by atoms with van der Waals surface area (Å²) in [6, 6.07) is 18.9. The minimum atomic E-state index is -0.151. The maximum absolute atomic E-state index is 12.5. The number of carbonyl (C=O) groups is 1. The van der Waals surface area contributed by atoms with Gasteiger partial charge in [-0.05, 0) is 37.0 Å². The molecule has 2 aromatic rings. The summed E-state index contributed by atoms with van der Waals surface area (Å²) in [7, 11) is 4.31. The minimum Gasteiger partial charge on any atom is -0.487 e. The van der Waals surface area contributed by atoms with Crippen LogP contribution in [-0.2, 0) is 22.5 Å². The summed E-state index contributed by atoms with van der Waals surface area (Å²) in [6.45, 7) is 6.29. The molecule has 4 heteroatoms. The van der Waals surface area contributed by atoms with Gasteiger partial charge in [0.25, 0.3) is 0 Å². The molecule has 1 atom stereocenters. The molecule has 0 saturated carbocycles. The van der Waals surface area contributed by atoms with Crippen LogP contribution in [0, 0.1) is 0 Å². The van der Waals surface area contributed by atoms with E-state index in [1.54, 1.807) is 0 Å². The number of esters is 1. The third-order valence-corrected chi connectivity index (χ3v) is 7.53. The van der Waals surface area contributed by atoms with E-state index in [1.165, 1.54) is 81.8 Å². The first-order chi connectivity index (χ1) is 18.9. The summed E-state index contributed by atoms with van der Waals surface area (Å²) in [5.74, 6) is 0.723. The first-order valence-electron chi connectivity index (χ1n) is 15.7. The predicted molar refractivity (Wildman–Crippen MR) is 164 cm³/mol. The normalized spacial score (nSPS) is 12.3. The van der Waals surface area contributed by atoms with Crippen LogP contribution in [0.5, 0.6) is 5.75 Å².